The molecule has 0 heterocycles. The van der Waals surface area contributed by atoms with Crippen molar-refractivity contribution < 1.29 is 0 Å². The highest BCUT2D eigenvalue weighted by Gasteiger charge is 2.41. The first kappa shape index (κ1) is 14.2. The summed E-state index contributed by atoms with van der Waals surface area (Å²) in [6.07, 6.45) is 6.23. The summed E-state index contributed by atoms with van der Waals surface area (Å²) in [6, 6.07) is 11.5. The lowest BCUT2D eigenvalue weighted by Crippen LogP contribution is -2.46. The largest absolute Gasteiger partial charge is 0.312 e. The van der Waals surface area contributed by atoms with E-state index in [-0.39, 0.29) is 0 Å². The van der Waals surface area contributed by atoms with Gasteiger partial charge in [-0.25, -0.2) is 0 Å². The maximum atomic E-state index is 3.70. The number of hydrogen-bond acceptors (Lipinski definition) is 1. The zero-order valence-electron chi connectivity index (χ0n) is 12.2. The van der Waals surface area contributed by atoms with Gasteiger partial charge in [-0.05, 0) is 31.9 Å². The van der Waals surface area contributed by atoms with Crippen LogP contribution in [-0.4, -0.2) is 12.6 Å². The third kappa shape index (κ3) is 3.01. The van der Waals surface area contributed by atoms with Crippen molar-refractivity contribution in [2.24, 2.45) is 0 Å². The van der Waals surface area contributed by atoms with Crippen molar-refractivity contribution in [1.82, 2.24) is 5.32 Å². The van der Waals surface area contributed by atoms with E-state index in [2.05, 4.69) is 54.4 Å². The van der Waals surface area contributed by atoms with E-state index >= 15 is 0 Å². The van der Waals surface area contributed by atoms with Crippen molar-refractivity contribution in [3.63, 3.8) is 0 Å². The monoisotopic (exact) mass is 255 g/mol. The molecule has 0 spiro atoms. The fraction of sp³-hybridized carbons (Fsp3) is 0.556. The van der Waals surface area contributed by atoms with Crippen LogP contribution in [0, 0.1) is 11.8 Å². The lowest BCUT2D eigenvalue weighted by molar-refractivity contribution is 0.303. The summed E-state index contributed by atoms with van der Waals surface area (Å²) >= 11 is 0. The first-order valence-electron chi connectivity index (χ1n) is 7.52. The average molecular weight is 255 g/mol. The molecule has 1 aliphatic carbocycles. The molecule has 102 valence electrons. The van der Waals surface area contributed by atoms with Crippen LogP contribution in [0.5, 0.6) is 0 Å². The average Bonchev–Trinajstić information content (AvgIpc) is 2.95. The molecule has 1 N–H and O–H groups in total. The van der Waals surface area contributed by atoms with Crippen molar-refractivity contribution >= 4 is 0 Å². The number of rotatable bonds is 5. The Hall–Kier alpha value is -1.26. The van der Waals surface area contributed by atoms with Gasteiger partial charge in [0.25, 0.3) is 0 Å². The molecule has 1 nitrogen and oxygen atoms in total. The Morgan fingerprint density at radius 2 is 1.89 bits per heavy atom. The van der Waals surface area contributed by atoms with Gasteiger partial charge >= 0.3 is 0 Å². The van der Waals surface area contributed by atoms with Crippen LogP contribution in [0.1, 0.15) is 51.5 Å². The highest BCUT2D eigenvalue weighted by molar-refractivity contribution is 5.30. The molecule has 1 fully saturated rings. The van der Waals surface area contributed by atoms with Crippen molar-refractivity contribution in [3.8, 4) is 11.8 Å². The Balaban J connectivity index is 2.32. The highest BCUT2D eigenvalue weighted by Crippen LogP contribution is 2.44. The molecule has 0 amide bonds. The van der Waals surface area contributed by atoms with Gasteiger partial charge in [0.05, 0.1) is 0 Å². The van der Waals surface area contributed by atoms with E-state index in [9.17, 15) is 0 Å². The molecule has 0 radical (unpaired) electrons. The Morgan fingerprint density at radius 1 is 1.21 bits per heavy atom. The number of nitrogens with one attached hydrogen (secondary N) is 1. The van der Waals surface area contributed by atoms with Gasteiger partial charge in [-0.1, -0.05) is 50.1 Å². The first-order chi connectivity index (χ1) is 9.33. The summed E-state index contributed by atoms with van der Waals surface area (Å²) in [5.41, 5.74) is 1.79. The molecule has 1 atom stereocenters. The van der Waals surface area contributed by atoms with Crippen LogP contribution >= 0.6 is 0 Å². The Kier molecular flexibility index (Phi) is 5.05. The third-order valence-electron chi connectivity index (χ3n) is 4.45. The van der Waals surface area contributed by atoms with Gasteiger partial charge in [-0.3, -0.25) is 0 Å². The molecule has 0 aromatic heterocycles. The number of likely N-dealkylation sites (N-methyl/N-ethyl adjacent to an activating group) is 1. The summed E-state index contributed by atoms with van der Waals surface area (Å²) in [7, 11) is 0. The smallest absolute Gasteiger partial charge is 0.0273 e. The van der Waals surface area contributed by atoms with E-state index in [0.717, 1.165) is 13.0 Å². The van der Waals surface area contributed by atoms with Crippen LogP contribution in [0.4, 0.5) is 0 Å². The van der Waals surface area contributed by atoms with Gasteiger partial charge in [-0.15, -0.1) is 11.8 Å². The van der Waals surface area contributed by atoms with Gasteiger partial charge in [0.2, 0.25) is 0 Å². The zero-order chi connectivity index (χ0) is 13.6. The van der Waals surface area contributed by atoms with Gasteiger partial charge in [0.15, 0.2) is 0 Å². The molecule has 1 heteroatoms. The predicted molar refractivity (Wildman–Crippen MR) is 82.1 cm³/mol. The molecule has 0 saturated heterocycles. The highest BCUT2D eigenvalue weighted by atomic mass is 14.9. The summed E-state index contributed by atoms with van der Waals surface area (Å²) in [6.45, 7) is 5.15. The van der Waals surface area contributed by atoms with E-state index < -0.39 is 0 Å². The van der Waals surface area contributed by atoms with Crippen molar-refractivity contribution in [3.05, 3.63) is 35.9 Å². The minimum atomic E-state index is 0.293. The van der Waals surface area contributed by atoms with E-state index in [4.69, 9.17) is 0 Å². The summed E-state index contributed by atoms with van der Waals surface area (Å²) in [5, 5.41) is 3.70. The third-order valence-corrected chi connectivity index (χ3v) is 4.45. The van der Waals surface area contributed by atoms with Crippen LogP contribution in [-0.2, 0) is 5.41 Å². The molecule has 1 aromatic carbocycles. The van der Waals surface area contributed by atoms with E-state index in [1.54, 1.807) is 0 Å². The second-order valence-electron chi connectivity index (χ2n) is 5.47. The molecule has 0 bridgehead atoms. The summed E-state index contributed by atoms with van der Waals surface area (Å²) in [4.78, 5) is 0. The molecule has 1 saturated carbocycles. The zero-order valence-corrected chi connectivity index (χ0v) is 12.2. The minimum absolute atomic E-state index is 0.293. The Bertz CT molecular complexity index is 432. The quantitative estimate of drug-likeness (QED) is 0.787. The number of benzene rings is 1. The maximum absolute atomic E-state index is 3.70. The standard InChI is InChI=1S/C18H25N/c1-3-5-13-17(19-4-2)18(14-9-10-15-18)16-11-7-6-8-12-16/h6-8,11-12,17,19H,4,9-10,13-15H2,1-2H3. The van der Waals surface area contributed by atoms with Crippen LogP contribution in [0.2, 0.25) is 0 Å². The summed E-state index contributed by atoms with van der Waals surface area (Å²) in [5.74, 6) is 6.35. The van der Waals surface area contributed by atoms with Crippen LogP contribution in [0.3, 0.4) is 0 Å². The maximum Gasteiger partial charge on any atom is 0.0273 e. The minimum Gasteiger partial charge on any atom is -0.312 e. The second-order valence-corrected chi connectivity index (χ2v) is 5.47. The molecular weight excluding hydrogens is 230 g/mol. The van der Waals surface area contributed by atoms with Crippen LogP contribution < -0.4 is 5.32 Å². The fourth-order valence-electron chi connectivity index (χ4n) is 3.53. The number of hydrogen-bond donors (Lipinski definition) is 1. The van der Waals surface area contributed by atoms with Gasteiger partial charge in [-0.2, -0.15) is 0 Å². The Morgan fingerprint density at radius 3 is 2.47 bits per heavy atom. The van der Waals surface area contributed by atoms with Crippen molar-refractivity contribution in [2.45, 2.75) is 57.4 Å². The lowest BCUT2D eigenvalue weighted by Gasteiger charge is -2.38. The van der Waals surface area contributed by atoms with Crippen molar-refractivity contribution in [1.29, 1.82) is 0 Å². The lowest BCUT2D eigenvalue weighted by atomic mass is 9.71. The van der Waals surface area contributed by atoms with E-state index in [1.807, 2.05) is 6.92 Å². The topological polar surface area (TPSA) is 12.0 Å². The molecule has 1 aliphatic rings. The van der Waals surface area contributed by atoms with Crippen LogP contribution in [0.15, 0.2) is 30.3 Å². The molecule has 2 rings (SSSR count). The van der Waals surface area contributed by atoms with Gasteiger partial charge in [0, 0.05) is 17.9 Å². The van der Waals surface area contributed by atoms with Crippen molar-refractivity contribution in [2.75, 3.05) is 6.54 Å². The first-order valence-corrected chi connectivity index (χ1v) is 7.52. The van der Waals surface area contributed by atoms with Gasteiger partial charge in [0.1, 0.15) is 0 Å². The van der Waals surface area contributed by atoms with E-state index in [1.165, 1.54) is 31.2 Å². The molecule has 1 aromatic rings. The predicted octanol–water partition coefficient (Wildman–Crippen LogP) is 3.89. The Labute approximate surface area is 117 Å². The normalized spacial score (nSPS) is 18.6. The SMILES string of the molecule is CC#CCC(NCC)C1(c2ccccc2)CCCC1. The fourth-order valence-corrected chi connectivity index (χ4v) is 3.53. The molecule has 1 unspecified atom stereocenters. The molecule has 19 heavy (non-hydrogen) atoms. The molecule has 0 aliphatic heterocycles. The molecular formula is C18H25N. The van der Waals surface area contributed by atoms with Gasteiger partial charge < -0.3 is 5.32 Å². The van der Waals surface area contributed by atoms with E-state index in [0.29, 0.717) is 11.5 Å². The second kappa shape index (κ2) is 6.78. The van der Waals surface area contributed by atoms with Crippen LogP contribution in [0.25, 0.3) is 0 Å². The summed E-state index contributed by atoms with van der Waals surface area (Å²) < 4.78 is 0.